The van der Waals surface area contributed by atoms with E-state index in [2.05, 4.69) is 106 Å². The molecule has 0 atom stereocenters. The first-order valence-electron chi connectivity index (χ1n) is 21.4. The second-order valence-electron chi connectivity index (χ2n) is 15.2. The molecule has 0 nitrogen and oxygen atoms in total. The summed E-state index contributed by atoms with van der Waals surface area (Å²) >= 11 is 11.7. The standard InChI is InChI=1S/C48H68Br2S2/c1-3-5-7-9-11-13-15-17-19-21-23-25-31-39-37-45(51-47(39)49)43-35-29-27-33-41(43)42-34-28-30-36-44(42)46-38-40(48(50)52-46)32-26-24-22-20-18-16-14-12-10-8-6-4-2/h27-30,33-38H,3-26,31-32H2,1-2H3. The van der Waals surface area contributed by atoms with Gasteiger partial charge < -0.3 is 0 Å². The lowest BCUT2D eigenvalue weighted by molar-refractivity contribution is 0.544. The van der Waals surface area contributed by atoms with Crippen molar-refractivity contribution in [2.45, 2.75) is 181 Å². The van der Waals surface area contributed by atoms with E-state index in [1.165, 1.54) is 218 Å². The van der Waals surface area contributed by atoms with Crippen molar-refractivity contribution >= 4 is 54.5 Å². The molecule has 0 unspecified atom stereocenters. The van der Waals surface area contributed by atoms with Gasteiger partial charge >= 0.3 is 0 Å². The van der Waals surface area contributed by atoms with Gasteiger partial charge in [-0.1, -0.05) is 204 Å². The molecule has 0 bridgehead atoms. The van der Waals surface area contributed by atoms with Crippen LogP contribution >= 0.6 is 54.5 Å². The molecule has 0 N–H and O–H groups in total. The minimum atomic E-state index is 1.17. The van der Waals surface area contributed by atoms with Crippen molar-refractivity contribution in [1.29, 1.82) is 0 Å². The van der Waals surface area contributed by atoms with E-state index in [1.54, 1.807) is 0 Å². The van der Waals surface area contributed by atoms with E-state index in [0.717, 1.165) is 0 Å². The van der Waals surface area contributed by atoms with Gasteiger partial charge in [-0.25, -0.2) is 0 Å². The molecule has 4 rings (SSSR count). The molecule has 2 aromatic carbocycles. The minimum Gasteiger partial charge on any atom is -0.128 e. The zero-order chi connectivity index (χ0) is 36.6. The van der Waals surface area contributed by atoms with E-state index < -0.39 is 0 Å². The highest BCUT2D eigenvalue weighted by Gasteiger charge is 2.17. The second kappa shape index (κ2) is 26.6. The van der Waals surface area contributed by atoms with Gasteiger partial charge in [-0.3, -0.25) is 0 Å². The third-order valence-electron chi connectivity index (χ3n) is 10.8. The molecule has 0 spiro atoms. The second-order valence-corrected chi connectivity index (χ2v) is 19.9. The molecule has 4 heteroatoms. The average Bonchev–Trinajstić information content (AvgIpc) is 3.73. The normalized spacial score (nSPS) is 11.5. The largest absolute Gasteiger partial charge is 0.128 e. The number of hydrogen-bond acceptors (Lipinski definition) is 2. The SMILES string of the molecule is CCCCCCCCCCCCCCc1cc(-c2ccccc2-c2ccccc2-c2cc(CCCCCCCCCCCCCC)c(Br)s2)sc1Br. The molecule has 0 aliphatic carbocycles. The lowest BCUT2D eigenvalue weighted by Gasteiger charge is -2.12. The Bertz CT molecular complexity index is 1400. The fourth-order valence-corrected chi connectivity index (χ4v) is 11.2. The molecule has 0 fully saturated rings. The molecule has 0 aliphatic heterocycles. The number of halogens is 2. The monoisotopic (exact) mass is 866 g/mol. The number of hydrogen-bond donors (Lipinski definition) is 0. The third kappa shape index (κ3) is 15.5. The zero-order valence-electron chi connectivity index (χ0n) is 32.7. The molecular weight excluding hydrogens is 800 g/mol. The van der Waals surface area contributed by atoms with Crippen molar-refractivity contribution in [3.8, 4) is 32.0 Å². The Morgan fingerprint density at radius 2 is 0.635 bits per heavy atom. The van der Waals surface area contributed by atoms with Gasteiger partial charge in [0.1, 0.15) is 0 Å². The summed E-state index contributed by atoms with van der Waals surface area (Å²) in [4.78, 5) is 2.73. The third-order valence-corrected chi connectivity index (χ3v) is 14.8. The predicted octanol–water partition coefficient (Wildman–Crippen LogP) is 18.8. The fraction of sp³-hybridized carbons (Fsp3) is 0.583. The van der Waals surface area contributed by atoms with Crippen LogP contribution < -0.4 is 0 Å². The molecule has 4 aromatic rings. The van der Waals surface area contributed by atoms with Gasteiger partial charge in [0.2, 0.25) is 0 Å². The van der Waals surface area contributed by atoms with Crippen molar-refractivity contribution in [3.05, 3.63) is 79.4 Å². The van der Waals surface area contributed by atoms with Gasteiger partial charge in [0, 0.05) is 9.75 Å². The van der Waals surface area contributed by atoms with Gasteiger partial charge in [0.15, 0.2) is 0 Å². The lowest BCUT2D eigenvalue weighted by Crippen LogP contribution is -1.88. The van der Waals surface area contributed by atoms with Crippen LogP contribution in [0.15, 0.2) is 68.2 Å². The topological polar surface area (TPSA) is 0 Å². The molecule has 0 radical (unpaired) electrons. The molecule has 52 heavy (non-hydrogen) atoms. The Hall–Kier alpha value is -1.20. The van der Waals surface area contributed by atoms with Crippen molar-refractivity contribution in [3.63, 3.8) is 0 Å². The Balaban J connectivity index is 1.27. The number of aryl methyl sites for hydroxylation is 2. The number of unbranched alkanes of at least 4 members (excludes halogenated alkanes) is 22. The first kappa shape index (κ1) is 43.5. The maximum Gasteiger partial charge on any atom is 0.0737 e. The van der Waals surface area contributed by atoms with Crippen LogP contribution in [0.4, 0.5) is 0 Å². The summed E-state index contributed by atoms with van der Waals surface area (Å²) in [5.41, 5.74) is 8.29. The number of thiophene rings is 2. The van der Waals surface area contributed by atoms with Crippen LogP contribution in [0.25, 0.3) is 32.0 Å². The zero-order valence-corrected chi connectivity index (χ0v) is 37.5. The molecule has 286 valence electrons. The summed E-state index contributed by atoms with van der Waals surface area (Å²) in [6.45, 7) is 4.60. The van der Waals surface area contributed by atoms with E-state index in [1.807, 2.05) is 22.7 Å². The van der Waals surface area contributed by atoms with Crippen molar-refractivity contribution < 1.29 is 0 Å². The van der Waals surface area contributed by atoms with Gasteiger partial charge in [-0.2, -0.15) is 0 Å². The van der Waals surface area contributed by atoms with E-state index in [0.29, 0.717) is 0 Å². The molecule has 0 saturated carbocycles. The Morgan fingerprint density at radius 3 is 0.942 bits per heavy atom. The number of rotatable bonds is 29. The summed E-state index contributed by atoms with van der Waals surface area (Å²) < 4.78 is 2.61. The van der Waals surface area contributed by atoms with Crippen LogP contribution in [-0.2, 0) is 12.8 Å². The average molecular weight is 869 g/mol. The maximum atomic E-state index is 3.96. The number of benzene rings is 2. The van der Waals surface area contributed by atoms with Crippen LogP contribution in [0.5, 0.6) is 0 Å². The first-order chi connectivity index (χ1) is 25.6. The van der Waals surface area contributed by atoms with E-state index in [-0.39, 0.29) is 0 Å². The molecule has 0 aliphatic rings. The van der Waals surface area contributed by atoms with E-state index in [9.17, 15) is 0 Å². The van der Waals surface area contributed by atoms with E-state index in [4.69, 9.17) is 0 Å². The van der Waals surface area contributed by atoms with Crippen LogP contribution in [0, 0.1) is 0 Å². The predicted molar refractivity (Wildman–Crippen MR) is 243 cm³/mol. The van der Waals surface area contributed by atoms with Crippen LogP contribution in [0.2, 0.25) is 0 Å². The fourth-order valence-electron chi connectivity index (χ4n) is 7.60. The highest BCUT2D eigenvalue weighted by atomic mass is 79.9. The van der Waals surface area contributed by atoms with Crippen LogP contribution in [0.1, 0.15) is 179 Å². The van der Waals surface area contributed by atoms with Gasteiger partial charge in [-0.05, 0) is 103 Å². The quantitative estimate of drug-likeness (QED) is 0.0477. The van der Waals surface area contributed by atoms with Crippen LogP contribution in [-0.4, -0.2) is 0 Å². The minimum absolute atomic E-state index is 1.17. The highest BCUT2D eigenvalue weighted by molar-refractivity contribution is 9.11. The maximum absolute atomic E-state index is 3.96. The lowest BCUT2D eigenvalue weighted by atomic mass is 9.93. The first-order valence-corrected chi connectivity index (χ1v) is 24.6. The van der Waals surface area contributed by atoms with Crippen LogP contribution in [0.3, 0.4) is 0 Å². The molecule has 2 aromatic heterocycles. The Kier molecular flexibility index (Phi) is 22.2. The van der Waals surface area contributed by atoms with Crippen molar-refractivity contribution in [1.82, 2.24) is 0 Å². The summed E-state index contributed by atoms with van der Waals surface area (Å²) in [6, 6.07) is 23.0. The highest BCUT2D eigenvalue weighted by Crippen LogP contribution is 2.45. The van der Waals surface area contributed by atoms with Gasteiger partial charge in [0.05, 0.1) is 7.57 Å². The molecule has 0 saturated heterocycles. The van der Waals surface area contributed by atoms with Crippen molar-refractivity contribution in [2.24, 2.45) is 0 Å². The molecular formula is C48H68Br2S2. The molecule has 0 amide bonds. The smallest absolute Gasteiger partial charge is 0.0737 e. The summed E-state index contributed by atoms with van der Waals surface area (Å²) in [5.74, 6) is 0. The Morgan fingerprint density at radius 1 is 0.365 bits per heavy atom. The summed E-state index contributed by atoms with van der Waals surface area (Å²) in [7, 11) is 0. The van der Waals surface area contributed by atoms with Gasteiger partial charge in [0.25, 0.3) is 0 Å². The van der Waals surface area contributed by atoms with E-state index >= 15 is 0 Å². The molecule has 2 heterocycles. The Labute approximate surface area is 344 Å². The summed E-state index contributed by atoms with van der Waals surface area (Å²) in [5, 5.41) is 0. The van der Waals surface area contributed by atoms with Crippen molar-refractivity contribution in [2.75, 3.05) is 0 Å². The summed E-state index contributed by atoms with van der Waals surface area (Å²) in [6.07, 6.45) is 35.9. The van der Waals surface area contributed by atoms with Gasteiger partial charge in [-0.15, -0.1) is 22.7 Å².